The lowest BCUT2D eigenvalue weighted by Crippen LogP contribution is -2.44. The van der Waals surface area contributed by atoms with E-state index in [0.29, 0.717) is 35.7 Å². The van der Waals surface area contributed by atoms with Gasteiger partial charge in [-0.15, -0.1) is 0 Å². The molecule has 1 saturated heterocycles. The number of aromatic carboxylic acids is 1. The van der Waals surface area contributed by atoms with Crippen molar-refractivity contribution in [1.82, 2.24) is 18.6 Å². The van der Waals surface area contributed by atoms with Crippen molar-refractivity contribution < 1.29 is 18.3 Å². The summed E-state index contributed by atoms with van der Waals surface area (Å²) in [5.74, 6) is -0.496. The minimum absolute atomic E-state index is 0.171. The minimum Gasteiger partial charge on any atom is -0.478 e. The van der Waals surface area contributed by atoms with E-state index in [2.05, 4.69) is 9.97 Å². The molecular weight excluding hydrogens is 380 g/mol. The molecule has 0 unspecified atom stereocenters. The molecule has 8 nitrogen and oxygen atoms in total. The summed E-state index contributed by atoms with van der Waals surface area (Å²) < 4.78 is 28.3. The van der Waals surface area contributed by atoms with Crippen LogP contribution in [0.25, 0.3) is 11.3 Å². The van der Waals surface area contributed by atoms with Crippen LogP contribution < -0.4 is 0 Å². The summed E-state index contributed by atoms with van der Waals surface area (Å²) >= 11 is 0. The smallest absolute Gasteiger partial charge is 0.335 e. The summed E-state index contributed by atoms with van der Waals surface area (Å²) in [6, 6.07) is 7.93. The number of hydrogen-bond acceptors (Lipinski definition) is 5. The van der Waals surface area contributed by atoms with Gasteiger partial charge in [-0.1, -0.05) is 18.6 Å². The number of carboxylic acid groups (broad SMARTS) is 1. The topological polar surface area (TPSA) is 104 Å². The number of nitrogens with zero attached hydrogens (tertiary/aromatic N) is 4. The summed E-state index contributed by atoms with van der Waals surface area (Å²) in [6.07, 6.45) is 2.40. The van der Waals surface area contributed by atoms with Crippen molar-refractivity contribution in [2.24, 2.45) is 0 Å². The number of carbonyl (C=O) groups is 1. The first kappa shape index (κ1) is 20.4. The summed E-state index contributed by atoms with van der Waals surface area (Å²) in [6.45, 7) is 2.19. The van der Waals surface area contributed by atoms with Gasteiger partial charge in [0.2, 0.25) is 0 Å². The summed E-state index contributed by atoms with van der Waals surface area (Å²) in [5, 5.41) is 9.23. The van der Waals surface area contributed by atoms with Gasteiger partial charge in [0.1, 0.15) is 5.82 Å². The molecule has 1 aromatic carbocycles. The van der Waals surface area contributed by atoms with Crippen LogP contribution in [0, 0.1) is 6.92 Å². The second-order valence-electron chi connectivity index (χ2n) is 7.02. The normalized spacial score (nSPS) is 18.4. The van der Waals surface area contributed by atoms with Gasteiger partial charge >= 0.3 is 5.97 Å². The van der Waals surface area contributed by atoms with Crippen molar-refractivity contribution in [1.29, 1.82) is 0 Å². The Bertz CT molecular complexity index is 991. The average Bonchev–Trinajstić information content (AvgIpc) is 2.67. The lowest BCUT2D eigenvalue weighted by Gasteiger charge is -2.36. The van der Waals surface area contributed by atoms with Gasteiger partial charge in [-0.2, -0.15) is 17.0 Å². The van der Waals surface area contributed by atoms with E-state index in [0.717, 1.165) is 12.8 Å². The van der Waals surface area contributed by atoms with Gasteiger partial charge in [0.05, 0.1) is 23.0 Å². The summed E-state index contributed by atoms with van der Waals surface area (Å²) in [4.78, 5) is 20.2. The highest BCUT2D eigenvalue weighted by molar-refractivity contribution is 7.86. The van der Waals surface area contributed by atoms with Gasteiger partial charge in [-0.05, 0) is 38.0 Å². The quantitative estimate of drug-likeness (QED) is 0.821. The van der Waals surface area contributed by atoms with Crippen LogP contribution in [0.15, 0.2) is 30.3 Å². The largest absolute Gasteiger partial charge is 0.478 e. The molecule has 0 aliphatic carbocycles. The predicted molar refractivity (Wildman–Crippen MR) is 105 cm³/mol. The molecule has 0 radical (unpaired) electrons. The highest BCUT2D eigenvalue weighted by Gasteiger charge is 2.35. The molecule has 0 spiro atoms. The van der Waals surface area contributed by atoms with E-state index < -0.39 is 16.2 Å². The number of hydrogen-bond donors (Lipinski definition) is 1. The van der Waals surface area contributed by atoms with Crippen LogP contribution in [0.2, 0.25) is 0 Å². The minimum atomic E-state index is -3.58. The standard InChI is InChI=1S/C19H24N4O4S/c1-13-20-16(14-7-6-8-15(11-14)19(24)25)12-17(21-13)18-9-4-5-10-23(18)28(26,27)22(2)3/h6-8,11-12,18H,4-5,9-10H2,1-3H3,(H,24,25)/t18-/m0/s1. The van der Waals surface area contributed by atoms with E-state index >= 15 is 0 Å². The first-order chi connectivity index (χ1) is 13.2. The van der Waals surface area contributed by atoms with Crippen LogP contribution in [0.1, 0.15) is 47.2 Å². The molecule has 28 heavy (non-hydrogen) atoms. The van der Waals surface area contributed by atoms with Crippen molar-refractivity contribution in [3.8, 4) is 11.3 Å². The first-order valence-electron chi connectivity index (χ1n) is 9.09. The van der Waals surface area contributed by atoms with E-state index in [1.807, 2.05) is 0 Å². The van der Waals surface area contributed by atoms with Crippen LogP contribution in [0.5, 0.6) is 0 Å². The molecule has 2 heterocycles. The molecule has 2 aromatic rings. The van der Waals surface area contributed by atoms with Crippen LogP contribution in [-0.2, 0) is 10.2 Å². The molecule has 0 bridgehead atoms. The van der Waals surface area contributed by atoms with Crippen LogP contribution in [0.3, 0.4) is 0 Å². The molecule has 150 valence electrons. The van der Waals surface area contributed by atoms with E-state index in [1.165, 1.54) is 28.8 Å². The summed E-state index contributed by atoms with van der Waals surface area (Å²) in [5.41, 5.74) is 2.04. The zero-order valence-electron chi connectivity index (χ0n) is 16.2. The molecule has 1 fully saturated rings. The molecule has 1 aliphatic rings. The third kappa shape index (κ3) is 4.06. The summed E-state index contributed by atoms with van der Waals surface area (Å²) in [7, 11) is -0.531. The maximum atomic E-state index is 12.8. The van der Waals surface area contributed by atoms with Crippen molar-refractivity contribution in [2.45, 2.75) is 32.2 Å². The second kappa shape index (κ2) is 7.94. The number of carboxylic acids is 1. The Balaban J connectivity index is 2.05. The maximum absolute atomic E-state index is 12.8. The third-order valence-corrected chi connectivity index (χ3v) is 6.77. The zero-order valence-corrected chi connectivity index (χ0v) is 17.0. The van der Waals surface area contributed by atoms with Gasteiger partial charge in [0.15, 0.2) is 0 Å². The molecular formula is C19H24N4O4S. The third-order valence-electron chi connectivity index (χ3n) is 4.82. The highest BCUT2D eigenvalue weighted by atomic mass is 32.2. The number of benzene rings is 1. The van der Waals surface area contributed by atoms with Gasteiger partial charge in [0.25, 0.3) is 10.2 Å². The molecule has 0 saturated carbocycles. The Morgan fingerprint density at radius 2 is 1.96 bits per heavy atom. The Morgan fingerprint density at radius 3 is 2.64 bits per heavy atom. The highest BCUT2D eigenvalue weighted by Crippen LogP contribution is 2.34. The average molecular weight is 404 g/mol. The van der Waals surface area contributed by atoms with E-state index in [1.54, 1.807) is 31.2 Å². The van der Waals surface area contributed by atoms with Gasteiger partial charge < -0.3 is 5.11 Å². The molecule has 0 amide bonds. The number of aryl methyl sites for hydroxylation is 1. The molecule has 1 aliphatic heterocycles. The zero-order chi connectivity index (χ0) is 20.5. The predicted octanol–water partition coefficient (Wildman–Crippen LogP) is 2.48. The van der Waals surface area contributed by atoms with Crippen molar-refractivity contribution >= 4 is 16.2 Å². The van der Waals surface area contributed by atoms with Crippen LogP contribution in [0.4, 0.5) is 0 Å². The monoisotopic (exact) mass is 404 g/mol. The molecule has 1 atom stereocenters. The Kier molecular flexibility index (Phi) is 5.78. The SMILES string of the molecule is Cc1nc(-c2cccc(C(=O)O)c2)cc([C@@H]2CCCCN2S(=O)(=O)N(C)C)n1. The number of piperidine rings is 1. The van der Waals surface area contributed by atoms with Crippen LogP contribution >= 0.6 is 0 Å². The van der Waals surface area contributed by atoms with E-state index in [-0.39, 0.29) is 11.6 Å². The van der Waals surface area contributed by atoms with Crippen molar-refractivity contribution in [2.75, 3.05) is 20.6 Å². The molecule has 1 N–H and O–H groups in total. The lowest BCUT2D eigenvalue weighted by molar-refractivity contribution is 0.0697. The Hall–Kier alpha value is -2.36. The second-order valence-corrected chi connectivity index (χ2v) is 9.12. The lowest BCUT2D eigenvalue weighted by atomic mass is 10.00. The Morgan fingerprint density at radius 1 is 1.21 bits per heavy atom. The molecule has 9 heteroatoms. The number of aromatic nitrogens is 2. The fourth-order valence-electron chi connectivity index (χ4n) is 3.41. The fourth-order valence-corrected chi connectivity index (χ4v) is 4.72. The van der Waals surface area contributed by atoms with Gasteiger partial charge in [-0.25, -0.2) is 14.8 Å². The molecule has 1 aromatic heterocycles. The van der Waals surface area contributed by atoms with E-state index in [9.17, 15) is 18.3 Å². The first-order valence-corrected chi connectivity index (χ1v) is 10.5. The van der Waals surface area contributed by atoms with Gasteiger partial charge in [0, 0.05) is 26.2 Å². The van der Waals surface area contributed by atoms with Gasteiger partial charge in [-0.3, -0.25) is 0 Å². The van der Waals surface area contributed by atoms with Crippen molar-refractivity contribution in [3.63, 3.8) is 0 Å². The van der Waals surface area contributed by atoms with E-state index in [4.69, 9.17) is 0 Å². The Labute approximate surface area is 165 Å². The maximum Gasteiger partial charge on any atom is 0.335 e. The van der Waals surface area contributed by atoms with Crippen molar-refractivity contribution in [3.05, 3.63) is 47.4 Å². The fraction of sp³-hybridized carbons (Fsp3) is 0.421. The van der Waals surface area contributed by atoms with Crippen LogP contribution in [-0.4, -0.2) is 58.7 Å². The molecule has 3 rings (SSSR count). The number of rotatable bonds is 5.